The summed E-state index contributed by atoms with van der Waals surface area (Å²) in [6, 6.07) is 7.45. The van der Waals surface area contributed by atoms with E-state index in [9.17, 15) is 14.4 Å². The van der Waals surface area contributed by atoms with Gasteiger partial charge in [-0.1, -0.05) is 28.9 Å². The van der Waals surface area contributed by atoms with Gasteiger partial charge in [0.25, 0.3) is 5.91 Å². The predicted molar refractivity (Wildman–Crippen MR) is 88.9 cm³/mol. The summed E-state index contributed by atoms with van der Waals surface area (Å²) in [4.78, 5) is 37.8. The lowest BCUT2D eigenvalue weighted by Gasteiger charge is -2.22. The maximum absolute atomic E-state index is 12.7. The minimum atomic E-state index is -1.26. The zero-order valence-electron chi connectivity index (χ0n) is 13.5. The van der Waals surface area contributed by atoms with E-state index in [0.29, 0.717) is 16.3 Å². The number of carbonyl (C=O) groups is 3. The second-order valence-corrected chi connectivity index (χ2v) is 6.26. The molecule has 0 saturated carbocycles. The number of benzene rings is 1. The van der Waals surface area contributed by atoms with Gasteiger partial charge in [-0.15, -0.1) is 0 Å². The lowest BCUT2D eigenvalue weighted by atomic mass is 9.92. The molecule has 1 aromatic heterocycles. The predicted octanol–water partition coefficient (Wildman–Crippen LogP) is 2.04. The van der Waals surface area contributed by atoms with Crippen molar-refractivity contribution in [2.75, 3.05) is 11.9 Å². The molecule has 1 saturated heterocycles. The van der Waals surface area contributed by atoms with Crippen LogP contribution in [0.2, 0.25) is 5.02 Å². The van der Waals surface area contributed by atoms with E-state index in [2.05, 4.69) is 15.8 Å². The molecule has 1 fully saturated rings. The number of urea groups is 1. The van der Waals surface area contributed by atoms with Crippen LogP contribution < -0.4 is 10.6 Å². The molecule has 1 aliphatic heterocycles. The Morgan fingerprint density at radius 1 is 1.36 bits per heavy atom. The molecule has 0 bridgehead atoms. The molecule has 9 heteroatoms. The summed E-state index contributed by atoms with van der Waals surface area (Å²) < 4.78 is 4.84. The summed E-state index contributed by atoms with van der Waals surface area (Å²) in [5, 5.41) is 9.24. The van der Waals surface area contributed by atoms with Gasteiger partial charge < -0.3 is 15.2 Å². The maximum atomic E-state index is 12.7. The third-order valence-corrected chi connectivity index (χ3v) is 4.15. The van der Waals surface area contributed by atoms with Gasteiger partial charge in [-0.3, -0.25) is 14.5 Å². The van der Waals surface area contributed by atoms with Gasteiger partial charge in [0.1, 0.15) is 17.8 Å². The van der Waals surface area contributed by atoms with E-state index in [1.54, 1.807) is 38.1 Å². The molecule has 4 amide bonds. The fourth-order valence-corrected chi connectivity index (χ4v) is 2.70. The minimum Gasteiger partial charge on any atom is -0.360 e. The molecular formula is C16H15ClN4O4. The van der Waals surface area contributed by atoms with E-state index in [1.807, 2.05) is 0 Å². The summed E-state index contributed by atoms with van der Waals surface area (Å²) in [5.74, 6) is -0.334. The van der Waals surface area contributed by atoms with E-state index >= 15 is 0 Å². The van der Waals surface area contributed by atoms with Crippen LogP contribution in [0.25, 0.3) is 0 Å². The van der Waals surface area contributed by atoms with Gasteiger partial charge in [-0.2, -0.15) is 0 Å². The highest BCUT2D eigenvalue weighted by molar-refractivity contribution is 6.30. The van der Waals surface area contributed by atoms with E-state index in [0.717, 1.165) is 4.90 Å². The molecule has 0 radical (unpaired) electrons. The number of hydrogen-bond donors (Lipinski definition) is 2. The van der Waals surface area contributed by atoms with Crippen LogP contribution in [-0.2, 0) is 15.1 Å². The number of hydrogen-bond acceptors (Lipinski definition) is 5. The molecule has 2 heterocycles. The standard InChI is InChI=1S/C16H15ClN4O4/c1-9-7-12(20-25-9)18-13(22)8-21-14(23)16(2,19-15(21)24)10-3-5-11(17)6-4-10/h3-7H,8H2,1-2H3,(H,19,24)(H,18,20,22)/t16-/m1/s1. The average Bonchev–Trinajstić information content (AvgIpc) is 3.05. The van der Waals surface area contributed by atoms with Crippen molar-refractivity contribution in [3.8, 4) is 0 Å². The molecule has 3 rings (SSSR count). The van der Waals surface area contributed by atoms with E-state index in [1.165, 1.54) is 6.07 Å². The van der Waals surface area contributed by atoms with Crippen LogP contribution in [-0.4, -0.2) is 34.4 Å². The number of halogens is 1. The zero-order valence-corrected chi connectivity index (χ0v) is 14.3. The highest BCUT2D eigenvalue weighted by Crippen LogP contribution is 2.29. The molecule has 2 N–H and O–H groups in total. The van der Waals surface area contributed by atoms with E-state index in [4.69, 9.17) is 16.1 Å². The van der Waals surface area contributed by atoms with Crippen LogP contribution >= 0.6 is 11.6 Å². The molecular weight excluding hydrogens is 348 g/mol. The number of anilines is 1. The third kappa shape index (κ3) is 3.20. The molecule has 130 valence electrons. The second-order valence-electron chi connectivity index (χ2n) is 5.82. The Morgan fingerprint density at radius 3 is 2.64 bits per heavy atom. The third-order valence-electron chi connectivity index (χ3n) is 3.89. The first-order chi connectivity index (χ1) is 11.8. The Kier molecular flexibility index (Phi) is 4.22. The zero-order chi connectivity index (χ0) is 18.2. The molecule has 1 atom stereocenters. The van der Waals surface area contributed by atoms with Crippen LogP contribution in [0.15, 0.2) is 34.9 Å². The van der Waals surface area contributed by atoms with Crippen molar-refractivity contribution in [3.05, 3.63) is 46.7 Å². The number of nitrogens with zero attached hydrogens (tertiary/aromatic N) is 2. The first-order valence-electron chi connectivity index (χ1n) is 7.43. The quantitative estimate of drug-likeness (QED) is 0.810. The van der Waals surface area contributed by atoms with Crippen molar-refractivity contribution in [3.63, 3.8) is 0 Å². The molecule has 0 spiro atoms. The van der Waals surface area contributed by atoms with Crippen molar-refractivity contribution >= 4 is 35.3 Å². The number of amides is 4. The highest BCUT2D eigenvalue weighted by atomic mass is 35.5. The summed E-state index contributed by atoms with van der Waals surface area (Å²) in [6.07, 6.45) is 0. The Balaban J connectivity index is 1.74. The van der Waals surface area contributed by atoms with Crippen molar-refractivity contribution in [2.24, 2.45) is 0 Å². The Labute approximate surface area is 148 Å². The van der Waals surface area contributed by atoms with E-state index < -0.39 is 29.9 Å². The maximum Gasteiger partial charge on any atom is 0.325 e. The number of nitrogens with one attached hydrogen (secondary N) is 2. The summed E-state index contributed by atoms with van der Waals surface area (Å²) in [5.41, 5.74) is -0.683. The number of aromatic nitrogens is 1. The molecule has 1 aromatic carbocycles. The molecule has 1 aliphatic rings. The second kappa shape index (κ2) is 6.21. The lowest BCUT2D eigenvalue weighted by Crippen LogP contribution is -2.42. The molecule has 2 aromatic rings. The van der Waals surface area contributed by atoms with Crippen LogP contribution in [0.1, 0.15) is 18.2 Å². The van der Waals surface area contributed by atoms with Crippen LogP contribution in [0.5, 0.6) is 0 Å². The van der Waals surface area contributed by atoms with Crippen LogP contribution in [0.4, 0.5) is 10.6 Å². The largest absolute Gasteiger partial charge is 0.360 e. The Hall–Kier alpha value is -2.87. The van der Waals surface area contributed by atoms with Gasteiger partial charge in [0.05, 0.1) is 0 Å². The van der Waals surface area contributed by atoms with Crippen LogP contribution in [0, 0.1) is 6.92 Å². The van der Waals surface area contributed by atoms with Gasteiger partial charge >= 0.3 is 6.03 Å². The van der Waals surface area contributed by atoms with Gasteiger partial charge in [0.2, 0.25) is 5.91 Å². The summed E-state index contributed by atoms with van der Waals surface area (Å²) >= 11 is 5.86. The van der Waals surface area contributed by atoms with Gasteiger partial charge in [0.15, 0.2) is 5.82 Å². The Bertz CT molecular complexity index is 848. The SMILES string of the molecule is Cc1cc(NC(=O)CN2C(=O)N[C@](C)(c3ccc(Cl)cc3)C2=O)no1. The van der Waals surface area contributed by atoms with Gasteiger partial charge in [-0.25, -0.2) is 4.79 Å². The van der Waals surface area contributed by atoms with Crippen molar-refractivity contribution in [1.29, 1.82) is 0 Å². The number of carbonyl (C=O) groups excluding carboxylic acids is 3. The molecule has 25 heavy (non-hydrogen) atoms. The van der Waals surface area contributed by atoms with Crippen LogP contribution in [0.3, 0.4) is 0 Å². The normalized spacial score (nSPS) is 19.9. The monoisotopic (exact) mass is 362 g/mol. The van der Waals surface area contributed by atoms with Gasteiger partial charge in [-0.05, 0) is 31.5 Å². The fraction of sp³-hybridized carbons (Fsp3) is 0.250. The molecule has 8 nitrogen and oxygen atoms in total. The number of imide groups is 1. The van der Waals surface area contributed by atoms with E-state index in [-0.39, 0.29) is 5.82 Å². The lowest BCUT2D eigenvalue weighted by molar-refractivity contribution is -0.133. The first-order valence-corrected chi connectivity index (χ1v) is 7.81. The minimum absolute atomic E-state index is 0.218. The molecule has 0 unspecified atom stereocenters. The van der Waals surface area contributed by atoms with Gasteiger partial charge in [0, 0.05) is 11.1 Å². The highest BCUT2D eigenvalue weighted by Gasteiger charge is 2.49. The van der Waals surface area contributed by atoms with Crippen molar-refractivity contribution < 1.29 is 18.9 Å². The van der Waals surface area contributed by atoms with Crippen molar-refractivity contribution in [2.45, 2.75) is 19.4 Å². The fourth-order valence-electron chi connectivity index (χ4n) is 2.57. The molecule has 0 aliphatic carbocycles. The summed E-state index contributed by atoms with van der Waals surface area (Å²) in [7, 11) is 0. The van der Waals surface area contributed by atoms with Crippen molar-refractivity contribution in [1.82, 2.24) is 15.4 Å². The number of aryl methyl sites for hydroxylation is 1. The topological polar surface area (TPSA) is 105 Å². The first kappa shape index (κ1) is 17.0. The average molecular weight is 363 g/mol. The smallest absolute Gasteiger partial charge is 0.325 e. The summed E-state index contributed by atoms with van der Waals surface area (Å²) in [6.45, 7) is 2.83. The Morgan fingerprint density at radius 2 is 2.04 bits per heavy atom. The number of rotatable bonds is 4.